The lowest BCUT2D eigenvalue weighted by Crippen LogP contribution is -2.07. The van der Waals surface area contributed by atoms with Gasteiger partial charge in [0.15, 0.2) is 0 Å². The zero-order chi connectivity index (χ0) is 17.8. The largest absolute Gasteiger partial charge is 0.401 e. The molecule has 0 fully saturated rings. The van der Waals surface area contributed by atoms with Gasteiger partial charge in [-0.1, -0.05) is 34.9 Å². The minimum Gasteiger partial charge on any atom is -0.401 e. The van der Waals surface area contributed by atoms with Crippen molar-refractivity contribution in [2.24, 2.45) is 0 Å². The van der Waals surface area contributed by atoms with Crippen LogP contribution < -0.4 is 5.32 Å². The minimum absolute atomic E-state index is 0.0142. The molecular weight excluding hydrogens is 342 g/mol. The monoisotopic (exact) mass is 357 g/mol. The molecule has 25 heavy (non-hydrogen) atoms. The van der Waals surface area contributed by atoms with E-state index in [1.54, 1.807) is 29.1 Å². The van der Waals surface area contributed by atoms with Gasteiger partial charge in [-0.05, 0) is 37.6 Å². The van der Waals surface area contributed by atoms with E-state index in [4.69, 9.17) is 16.0 Å². The molecule has 0 atom stereocenters. The number of aromatic nitrogens is 4. The highest BCUT2D eigenvalue weighted by Gasteiger charge is 2.15. The van der Waals surface area contributed by atoms with Gasteiger partial charge in [0.2, 0.25) is 0 Å². The zero-order valence-electron chi connectivity index (χ0n) is 13.7. The second-order valence-electron chi connectivity index (χ2n) is 5.51. The van der Waals surface area contributed by atoms with Gasteiger partial charge in [-0.3, -0.25) is 14.8 Å². The first kappa shape index (κ1) is 16.9. The number of carbonyl (C=O) groups excluding carboxylic acids is 1. The molecule has 1 aromatic carbocycles. The predicted molar refractivity (Wildman–Crippen MR) is 95.0 cm³/mol. The summed E-state index contributed by atoms with van der Waals surface area (Å²) in [5, 5.41) is 15.1. The maximum absolute atomic E-state index is 12.0. The van der Waals surface area contributed by atoms with Crippen LogP contribution in [0.1, 0.15) is 25.5 Å². The van der Waals surface area contributed by atoms with Gasteiger partial charge < -0.3 is 4.42 Å². The SMILES string of the molecule is CC(C)n1nccc1-c1nnc(NC(=O)C=Cc2ccccc2Cl)o1. The molecule has 2 aromatic heterocycles. The fraction of sp³-hybridized carbons (Fsp3) is 0.176. The summed E-state index contributed by atoms with van der Waals surface area (Å²) in [6.07, 6.45) is 4.62. The van der Waals surface area contributed by atoms with E-state index in [1.807, 2.05) is 32.0 Å². The van der Waals surface area contributed by atoms with Gasteiger partial charge in [-0.25, -0.2) is 0 Å². The van der Waals surface area contributed by atoms with Gasteiger partial charge in [0.25, 0.3) is 11.8 Å². The molecule has 3 rings (SSSR count). The number of anilines is 1. The van der Waals surface area contributed by atoms with Crippen LogP contribution in [0, 0.1) is 0 Å². The summed E-state index contributed by atoms with van der Waals surface area (Å²) >= 11 is 6.04. The van der Waals surface area contributed by atoms with Crippen molar-refractivity contribution in [3.63, 3.8) is 0 Å². The molecule has 0 aliphatic heterocycles. The van der Waals surface area contributed by atoms with E-state index in [0.29, 0.717) is 10.7 Å². The second kappa shape index (κ2) is 7.31. The van der Waals surface area contributed by atoms with Crippen molar-refractivity contribution in [2.45, 2.75) is 19.9 Å². The van der Waals surface area contributed by atoms with E-state index in [-0.39, 0.29) is 17.9 Å². The Labute approximate surface area is 149 Å². The highest BCUT2D eigenvalue weighted by Crippen LogP contribution is 2.22. The molecule has 0 unspecified atom stereocenters. The lowest BCUT2D eigenvalue weighted by Gasteiger charge is -2.07. The Bertz CT molecular complexity index is 913. The number of amides is 1. The van der Waals surface area contributed by atoms with Crippen LogP contribution in [0.4, 0.5) is 6.01 Å². The fourth-order valence-corrected chi connectivity index (χ4v) is 2.39. The third-order valence-corrected chi connectivity index (χ3v) is 3.70. The van der Waals surface area contributed by atoms with Crippen molar-refractivity contribution in [3.05, 3.63) is 53.2 Å². The number of benzene rings is 1. The molecular formula is C17H16ClN5O2. The molecule has 3 aromatic rings. The summed E-state index contributed by atoms with van der Waals surface area (Å²) in [7, 11) is 0. The first-order valence-corrected chi connectivity index (χ1v) is 8.03. The highest BCUT2D eigenvalue weighted by molar-refractivity contribution is 6.32. The standard InChI is InChI=1S/C17H16ClN5O2/c1-11(2)23-14(9-10-19-23)16-21-22-17(25-16)20-15(24)8-7-12-5-3-4-6-13(12)18/h3-11H,1-2H3,(H,20,22,24). The number of nitrogens with zero attached hydrogens (tertiary/aromatic N) is 4. The van der Waals surface area contributed by atoms with E-state index >= 15 is 0 Å². The van der Waals surface area contributed by atoms with Gasteiger partial charge in [0.05, 0.1) is 0 Å². The van der Waals surface area contributed by atoms with Crippen molar-refractivity contribution >= 4 is 29.6 Å². The van der Waals surface area contributed by atoms with E-state index in [0.717, 1.165) is 5.56 Å². The Kier molecular flexibility index (Phi) is 4.95. The zero-order valence-corrected chi connectivity index (χ0v) is 14.4. The van der Waals surface area contributed by atoms with Gasteiger partial charge in [0, 0.05) is 23.3 Å². The summed E-state index contributed by atoms with van der Waals surface area (Å²) in [5.74, 6) is -0.107. The number of halogens is 1. The van der Waals surface area contributed by atoms with Crippen molar-refractivity contribution in [1.29, 1.82) is 0 Å². The Morgan fingerprint density at radius 2 is 2.08 bits per heavy atom. The fourth-order valence-electron chi connectivity index (χ4n) is 2.20. The van der Waals surface area contributed by atoms with Crippen LogP contribution in [0.15, 0.2) is 47.0 Å². The number of carbonyl (C=O) groups is 1. The van der Waals surface area contributed by atoms with Crippen molar-refractivity contribution in [1.82, 2.24) is 20.0 Å². The van der Waals surface area contributed by atoms with Crippen LogP contribution in [-0.2, 0) is 4.79 Å². The highest BCUT2D eigenvalue weighted by atomic mass is 35.5. The molecule has 128 valence electrons. The topological polar surface area (TPSA) is 85.8 Å². The normalized spacial score (nSPS) is 11.4. The maximum atomic E-state index is 12.0. The quantitative estimate of drug-likeness (QED) is 0.701. The minimum atomic E-state index is -0.396. The molecule has 1 N–H and O–H groups in total. The average Bonchev–Trinajstić information content (AvgIpc) is 3.22. The number of hydrogen-bond acceptors (Lipinski definition) is 5. The Balaban J connectivity index is 1.70. The molecule has 0 radical (unpaired) electrons. The Hall–Kier alpha value is -2.93. The van der Waals surface area contributed by atoms with E-state index in [2.05, 4.69) is 20.6 Å². The molecule has 0 aliphatic carbocycles. The summed E-state index contributed by atoms with van der Waals surface area (Å²) in [6.45, 7) is 3.99. The Morgan fingerprint density at radius 1 is 1.28 bits per heavy atom. The van der Waals surface area contributed by atoms with Crippen molar-refractivity contribution in [2.75, 3.05) is 5.32 Å². The van der Waals surface area contributed by atoms with Crippen LogP contribution in [-0.4, -0.2) is 25.9 Å². The third-order valence-electron chi connectivity index (χ3n) is 3.35. The van der Waals surface area contributed by atoms with Crippen LogP contribution in [0.25, 0.3) is 17.7 Å². The molecule has 0 aliphatic rings. The summed E-state index contributed by atoms with van der Waals surface area (Å²) < 4.78 is 7.25. The van der Waals surface area contributed by atoms with Gasteiger partial charge in [0.1, 0.15) is 5.69 Å². The molecule has 0 saturated heterocycles. The molecule has 0 spiro atoms. The third kappa shape index (κ3) is 3.95. The average molecular weight is 358 g/mol. The molecule has 0 bridgehead atoms. The summed E-state index contributed by atoms with van der Waals surface area (Å²) in [6, 6.07) is 9.16. The number of hydrogen-bond donors (Lipinski definition) is 1. The van der Waals surface area contributed by atoms with Crippen LogP contribution in [0.3, 0.4) is 0 Å². The maximum Gasteiger partial charge on any atom is 0.322 e. The van der Waals surface area contributed by atoms with Gasteiger partial charge >= 0.3 is 6.01 Å². The lowest BCUT2D eigenvalue weighted by molar-refractivity contribution is -0.112. The molecule has 0 saturated carbocycles. The first-order valence-electron chi connectivity index (χ1n) is 7.65. The van der Waals surface area contributed by atoms with Gasteiger partial charge in [-0.2, -0.15) is 5.10 Å². The molecule has 7 nitrogen and oxygen atoms in total. The van der Waals surface area contributed by atoms with E-state index < -0.39 is 5.91 Å². The summed E-state index contributed by atoms with van der Waals surface area (Å²) in [5.41, 5.74) is 1.43. The van der Waals surface area contributed by atoms with Crippen molar-refractivity contribution < 1.29 is 9.21 Å². The van der Waals surface area contributed by atoms with E-state index in [9.17, 15) is 4.79 Å². The lowest BCUT2D eigenvalue weighted by atomic mass is 10.2. The Morgan fingerprint density at radius 3 is 2.84 bits per heavy atom. The van der Waals surface area contributed by atoms with Crippen LogP contribution in [0.5, 0.6) is 0 Å². The smallest absolute Gasteiger partial charge is 0.322 e. The molecule has 8 heteroatoms. The molecule has 1 amide bonds. The number of rotatable bonds is 5. The number of nitrogens with one attached hydrogen (secondary N) is 1. The first-order chi connectivity index (χ1) is 12.0. The second-order valence-corrected chi connectivity index (χ2v) is 5.92. The van der Waals surface area contributed by atoms with Crippen molar-refractivity contribution in [3.8, 4) is 11.6 Å². The predicted octanol–water partition coefficient (Wildman–Crippen LogP) is 3.82. The summed E-state index contributed by atoms with van der Waals surface area (Å²) in [4.78, 5) is 12.0. The molecule has 2 heterocycles. The van der Waals surface area contributed by atoms with Crippen LogP contribution in [0.2, 0.25) is 5.02 Å². The van der Waals surface area contributed by atoms with Crippen LogP contribution >= 0.6 is 11.6 Å². The van der Waals surface area contributed by atoms with Gasteiger partial charge in [-0.15, -0.1) is 5.10 Å². The van der Waals surface area contributed by atoms with E-state index in [1.165, 1.54) is 6.08 Å².